The highest BCUT2D eigenvalue weighted by Gasteiger charge is 2.27. The minimum Gasteiger partial charge on any atom is -0.455 e. The summed E-state index contributed by atoms with van der Waals surface area (Å²) in [5.74, 6) is 0. The fraction of sp³-hybridized carbons (Fsp3) is 0. The fourth-order valence-electron chi connectivity index (χ4n) is 10.5. The maximum Gasteiger partial charge on any atom is 0.143 e. The van der Waals surface area contributed by atoms with Gasteiger partial charge in [-0.05, 0) is 98.4 Å². The highest BCUT2D eigenvalue weighted by molar-refractivity contribution is 6.21. The first-order valence-electron chi connectivity index (χ1n) is 24.9. The van der Waals surface area contributed by atoms with Crippen LogP contribution in [0.1, 0.15) is 0 Å². The molecule has 13 rings (SSSR count). The van der Waals surface area contributed by atoms with Gasteiger partial charge < -0.3 is 14.2 Å². The quantitative estimate of drug-likeness (QED) is 0.129. The van der Waals surface area contributed by atoms with E-state index in [1.54, 1.807) is 0 Å². The lowest BCUT2D eigenvalue weighted by Gasteiger charge is -2.32. The molecule has 0 aliphatic heterocycles. The van der Waals surface area contributed by atoms with Crippen molar-refractivity contribution in [2.75, 3.05) is 9.80 Å². The fourth-order valence-corrected chi connectivity index (χ4v) is 10.5. The Bertz CT molecular complexity index is 4040. The van der Waals surface area contributed by atoms with E-state index in [0.717, 1.165) is 106 Å². The van der Waals surface area contributed by atoms with Crippen LogP contribution in [0.15, 0.2) is 296 Å². The first-order chi connectivity index (χ1) is 36.2. The third-order valence-electron chi connectivity index (χ3n) is 14.1. The van der Waals surface area contributed by atoms with Crippen LogP contribution in [0.4, 0.5) is 34.1 Å². The first-order valence-corrected chi connectivity index (χ1v) is 24.9. The van der Waals surface area contributed by atoms with Gasteiger partial charge in [0.25, 0.3) is 0 Å². The number of nitrogens with zero attached hydrogens (tertiary/aromatic N) is 2. The van der Waals surface area contributed by atoms with Gasteiger partial charge in [-0.25, -0.2) is 0 Å². The molecule has 3 heteroatoms. The van der Waals surface area contributed by atoms with Gasteiger partial charge in [0.2, 0.25) is 0 Å². The molecule has 0 saturated heterocycles. The molecule has 0 aliphatic carbocycles. The zero-order valence-electron chi connectivity index (χ0n) is 40.0. The number of para-hydroxylation sites is 2. The summed E-state index contributed by atoms with van der Waals surface area (Å²) in [5.41, 5.74) is 19.3. The van der Waals surface area contributed by atoms with E-state index in [9.17, 15) is 0 Å². The maximum atomic E-state index is 7.26. The molecule has 0 spiro atoms. The Hall–Kier alpha value is -9.70. The van der Waals surface area contributed by atoms with Crippen molar-refractivity contribution in [1.82, 2.24) is 0 Å². The molecule has 1 heterocycles. The van der Waals surface area contributed by atoms with E-state index in [1.807, 2.05) is 0 Å². The van der Waals surface area contributed by atoms with Gasteiger partial charge in [0.15, 0.2) is 0 Å². The summed E-state index contributed by atoms with van der Waals surface area (Å²) < 4.78 is 7.26. The van der Waals surface area contributed by atoms with Crippen LogP contribution in [0.3, 0.4) is 0 Å². The first kappa shape index (κ1) is 43.3. The summed E-state index contributed by atoms with van der Waals surface area (Å²) in [7, 11) is 0. The molecule has 1 aromatic heterocycles. The van der Waals surface area contributed by atoms with E-state index >= 15 is 0 Å². The Morgan fingerprint density at radius 1 is 0.247 bits per heavy atom. The van der Waals surface area contributed by atoms with Gasteiger partial charge in [-0.3, -0.25) is 0 Å². The smallest absolute Gasteiger partial charge is 0.143 e. The Balaban J connectivity index is 1.07. The van der Waals surface area contributed by atoms with Crippen LogP contribution >= 0.6 is 0 Å². The van der Waals surface area contributed by atoms with Crippen LogP contribution in [0.2, 0.25) is 0 Å². The van der Waals surface area contributed by atoms with Gasteiger partial charge in [-0.2, -0.15) is 0 Å². The standard InChI is InChI=1S/C70H48N2O/c1-5-19-49(20-6-1)51-33-35-52(36-34-51)54-37-42-58(43-38-54)71(65-31-17-15-28-61(65)55-23-9-3-10-24-55)60-47-67(69-64-46-41-57-27-13-14-30-63(57)70(64)73-68(69)48-60)72(59-44-39-53(40-45-59)50-21-7-2-8-22-50)66-32-18-16-29-62(66)56-25-11-4-12-26-56/h1-48H. The molecule has 12 aromatic carbocycles. The van der Waals surface area contributed by atoms with Crippen LogP contribution in [0.5, 0.6) is 0 Å². The van der Waals surface area contributed by atoms with Gasteiger partial charge >= 0.3 is 0 Å². The van der Waals surface area contributed by atoms with Crippen molar-refractivity contribution in [3.8, 4) is 55.6 Å². The minimum absolute atomic E-state index is 0.791. The number of benzene rings is 12. The monoisotopic (exact) mass is 932 g/mol. The van der Waals surface area contributed by atoms with Crippen LogP contribution in [0.25, 0.3) is 88.3 Å². The van der Waals surface area contributed by atoms with Crippen LogP contribution < -0.4 is 9.80 Å². The second-order valence-corrected chi connectivity index (χ2v) is 18.4. The minimum atomic E-state index is 0.791. The lowest BCUT2D eigenvalue weighted by Crippen LogP contribution is -2.15. The number of hydrogen-bond acceptors (Lipinski definition) is 3. The number of anilines is 6. The molecular weight excluding hydrogens is 885 g/mol. The molecule has 0 bridgehead atoms. The summed E-state index contributed by atoms with van der Waals surface area (Å²) in [6, 6.07) is 105. The molecule has 0 atom stereocenters. The summed E-state index contributed by atoms with van der Waals surface area (Å²) in [6.07, 6.45) is 0. The van der Waals surface area contributed by atoms with Crippen molar-refractivity contribution in [1.29, 1.82) is 0 Å². The van der Waals surface area contributed by atoms with Crippen molar-refractivity contribution in [2.45, 2.75) is 0 Å². The van der Waals surface area contributed by atoms with Gasteiger partial charge in [0.05, 0.1) is 28.1 Å². The molecule has 0 N–H and O–H groups in total. The second kappa shape index (κ2) is 18.9. The van der Waals surface area contributed by atoms with E-state index in [4.69, 9.17) is 4.42 Å². The van der Waals surface area contributed by atoms with Crippen molar-refractivity contribution >= 4 is 66.8 Å². The highest BCUT2D eigenvalue weighted by Crippen LogP contribution is 2.51. The average molecular weight is 933 g/mol. The van der Waals surface area contributed by atoms with E-state index in [-0.39, 0.29) is 0 Å². The summed E-state index contributed by atoms with van der Waals surface area (Å²) in [6.45, 7) is 0. The molecular formula is C70H48N2O. The molecule has 0 radical (unpaired) electrons. The predicted molar refractivity (Wildman–Crippen MR) is 308 cm³/mol. The topological polar surface area (TPSA) is 19.6 Å². The normalized spacial score (nSPS) is 11.3. The van der Waals surface area contributed by atoms with E-state index in [1.165, 1.54) is 16.7 Å². The zero-order chi connectivity index (χ0) is 48.5. The number of furan rings is 1. The Labute approximate surface area is 425 Å². The maximum absolute atomic E-state index is 7.26. The lowest BCUT2D eigenvalue weighted by atomic mass is 9.98. The van der Waals surface area contributed by atoms with Gasteiger partial charge in [-0.15, -0.1) is 0 Å². The number of rotatable bonds is 11. The lowest BCUT2D eigenvalue weighted by molar-refractivity contribution is 0.673. The van der Waals surface area contributed by atoms with Crippen LogP contribution in [-0.2, 0) is 0 Å². The Morgan fingerprint density at radius 2 is 0.644 bits per heavy atom. The molecule has 3 nitrogen and oxygen atoms in total. The molecule has 344 valence electrons. The Morgan fingerprint density at radius 3 is 1.16 bits per heavy atom. The zero-order valence-corrected chi connectivity index (χ0v) is 40.0. The van der Waals surface area contributed by atoms with Gasteiger partial charge in [0, 0.05) is 39.3 Å². The van der Waals surface area contributed by atoms with Gasteiger partial charge in [0.1, 0.15) is 11.2 Å². The number of hydrogen-bond donors (Lipinski definition) is 0. The Kier molecular flexibility index (Phi) is 11.2. The molecule has 73 heavy (non-hydrogen) atoms. The molecule has 0 unspecified atom stereocenters. The second-order valence-electron chi connectivity index (χ2n) is 18.4. The van der Waals surface area contributed by atoms with Crippen molar-refractivity contribution in [3.63, 3.8) is 0 Å². The van der Waals surface area contributed by atoms with Crippen molar-refractivity contribution < 1.29 is 4.42 Å². The summed E-state index contributed by atoms with van der Waals surface area (Å²) in [5, 5.41) is 4.29. The molecule has 13 aromatic rings. The van der Waals surface area contributed by atoms with Crippen molar-refractivity contribution in [2.24, 2.45) is 0 Å². The largest absolute Gasteiger partial charge is 0.455 e. The average Bonchev–Trinajstić information content (AvgIpc) is 3.87. The molecule has 0 amide bonds. The molecule has 0 fully saturated rings. The van der Waals surface area contributed by atoms with E-state index in [2.05, 4.69) is 301 Å². The van der Waals surface area contributed by atoms with Crippen molar-refractivity contribution in [3.05, 3.63) is 291 Å². The summed E-state index contributed by atoms with van der Waals surface area (Å²) >= 11 is 0. The van der Waals surface area contributed by atoms with Crippen LogP contribution in [-0.4, -0.2) is 0 Å². The highest BCUT2D eigenvalue weighted by atomic mass is 16.3. The molecule has 0 saturated carbocycles. The summed E-state index contributed by atoms with van der Waals surface area (Å²) in [4.78, 5) is 4.84. The third-order valence-corrected chi connectivity index (χ3v) is 14.1. The number of fused-ring (bicyclic) bond motifs is 5. The third kappa shape index (κ3) is 8.19. The van der Waals surface area contributed by atoms with E-state index in [0.29, 0.717) is 0 Å². The van der Waals surface area contributed by atoms with E-state index < -0.39 is 0 Å². The van der Waals surface area contributed by atoms with Gasteiger partial charge in [-0.1, -0.05) is 237 Å². The van der Waals surface area contributed by atoms with Crippen LogP contribution in [0, 0.1) is 0 Å². The molecule has 0 aliphatic rings. The predicted octanol–water partition coefficient (Wildman–Crippen LogP) is 20.0. The SMILES string of the molecule is c1ccc(-c2ccc(-c3ccc(N(c4cc(N(c5ccc(-c6ccccc6)cc5)c5ccccc5-c5ccccc5)c5c(c4)oc4c6ccccc6ccc45)c4ccccc4-c4ccccc4)cc3)cc2)cc1.